The Bertz CT molecular complexity index is 226. The summed E-state index contributed by atoms with van der Waals surface area (Å²) in [7, 11) is 0. The molecule has 2 bridgehead atoms. The van der Waals surface area contributed by atoms with Crippen LogP contribution < -0.4 is 0 Å². The number of hydrogen-bond acceptors (Lipinski definition) is 0. The molecular weight excluding hydrogens is 204 g/mol. The van der Waals surface area contributed by atoms with Crippen LogP contribution in [-0.4, -0.2) is 0 Å². The van der Waals surface area contributed by atoms with E-state index in [-0.39, 0.29) is 0 Å². The normalized spacial score (nSPS) is 28.9. The quantitative estimate of drug-likeness (QED) is 0.405. The smallest absolute Gasteiger partial charge is 0.0199 e. The summed E-state index contributed by atoms with van der Waals surface area (Å²) in [6.45, 7) is 8.08. The molecule has 0 radical (unpaired) electrons. The molecule has 2 rings (SSSR count). The lowest BCUT2D eigenvalue weighted by molar-refractivity contribution is 0.402. The minimum Gasteiger partial charge on any atom is -0.103 e. The maximum Gasteiger partial charge on any atom is -0.0199 e. The minimum atomic E-state index is 0.974. The van der Waals surface area contributed by atoms with Crippen LogP contribution in [0.2, 0.25) is 0 Å². The van der Waals surface area contributed by atoms with Crippen LogP contribution in [0.5, 0.6) is 0 Å². The van der Waals surface area contributed by atoms with Gasteiger partial charge in [-0.2, -0.15) is 0 Å². The van der Waals surface area contributed by atoms with Crippen molar-refractivity contribution < 1.29 is 0 Å². The third kappa shape index (κ3) is 5.10. The third-order valence-corrected chi connectivity index (χ3v) is 4.11. The highest BCUT2D eigenvalue weighted by atomic mass is 14.4. The van der Waals surface area contributed by atoms with Gasteiger partial charge in [0.2, 0.25) is 0 Å². The zero-order valence-electron chi connectivity index (χ0n) is 11.8. The van der Waals surface area contributed by atoms with Crippen LogP contribution in [0.25, 0.3) is 0 Å². The molecule has 0 aromatic carbocycles. The molecule has 0 amide bonds. The van der Waals surface area contributed by atoms with Crippen molar-refractivity contribution in [3.05, 3.63) is 24.8 Å². The lowest BCUT2D eigenvalue weighted by Gasteiger charge is -2.16. The third-order valence-electron chi connectivity index (χ3n) is 4.11. The molecule has 0 aromatic rings. The molecular formula is C17H30. The Balaban J connectivity index is 0.000000209. The number of allylic oxidation sites excluding steroid dienone is 3. The predicted octanol–water partition coefficient (Wildman–Crippen LogP) is 5.75. The van der Waals surface area contributed by atoms with Crippen LogP contribution in [0.4, 0.5) is 0 Å². The van der Waals surface area contributed by atoms with Crippen molar-refractivity contribution in [2.24, 2.45) is 17.8 Å². The second-order valence-corrected chi connectivity index (χ2v) is 5.61. The topological polar surface area (TPSA) is 0 Å². The van der Waals surface area contributed by atoms with E-state index in [0.29, 0.717) is 0 Å². The summed E-state index contributed by atoms with van der Waals surface area (Å²) < 4.78 is 0. The minimum absolute atomic E-state index is 0.974. The zero-order chi connectivity index (χ0) is 12.5. The maximum atomic E-state index is 3.60. The largest absolute Gasteiger partial charge is 0.103 e. The van der Waals surface area contributed by atoms with E-state index in [1.165, 1.54) is 51.4 Å². The van der Waals surface area contributed by atoms with Gasteiger partial charge in [-0.1, -0.05) is 57.8 Å². The summed E-state index contributed by atoms with van der Waals surface area (Å²) in [5.41, 5.74) is 0. The molecule has 17 heavy (non-hydrogen) atoms. The first-order valence-electron chi connectivity index (χ1n) is 7.61. The molecule has 1 saturated carbocycles. The van der Waals surface area contributed by atoms with Crippen LogP contribution in [-0.2, 0) is 0 Å². The highest BCUT2D eigenvalue weighted by Crippen LogP contribution is 2.45. The molecule has 0 heteroatoms. The molecule has 0 N–H and O–H groups in total. The molecule has 3 atom stereocenters. The average molecular weight is 234 g/mol. The predicted molar refractivity (Wildman–Crippen MR) is 78.1 cm³/mol. The lowest BCUT2D eigenvalue weighted by Crippen LogP contribution is -2.06. The summed E-state index contributed by atoms with van der Waals surface area (Å²) >= 11 is 0. The molecule has 0 nitrogen and oxygen atoms in total. The maximum absolute atomic E-state index is 3.60. The van der Waals surface area contributed by atoms with E-state index in [9.17, 15) is 0 Å². The van der Waals surface area contributed by atoms with Crippen molar-refractivity contribution in [2.45, 2.75) is 65.2 Å². The molecule has 3 unspecified atom stereocenters. The first-order valence-corrected chi connectivity index (χ1v) is 7.61. The lowest BCUT2D eigenvalue weighted by atomic mass is 9.89. The van der Waals surface area contributed by atoms with Gasteiger partial charge >= 0.3 is 0 Å². The van der Waals surface area contributed by atoms with Gasteiger partial charge in [0.05, 0.1) is 0 Å². The molecule has 0 aromatic heterocycles. The van der Waals surface area contributed by atoms with E-state index in [1.807, 2.05) is 6.08 Å². The fraction of sp³-hybridized carbons (Fsp3) is 0.765. The van der Waals surface area contributed by atoms with Gasteiger partial charge in [0.1, 0.15) is 0 Å². The number of unbranched alkanes of at least 4 members (excludes halogenated alkanes) is 3. The first kappa shape index (κ1) is 14.5. The fourth-order valence-electron chi connectivity index (χ4n) is 3.04. The Kier molecular flexibility index (Phi) is 7.32. The zero-order valence-corrected chi connectivity index (χ0v) is 11.8. The summed E-state index contributed by atoms with van der Waals surface area (Å²) in [4.78, 5) is 0. The van der Waals surface area contributed by atoms with Gasteiger partial charge in [0.25, 0.3) is 0 Å². The highest BCUT2D eigenvalue weighted by Gasteiger charge is 2.34. The van der Waals surface area contributed by atoms with E-state index in [2.05, 4.69) is 32.6 Å². The Labute approximate surface area is 108 Å². The molecule has 1 fully saturated rings. The van der Waals surface area contributed by atoms with Crippen LogP contribution in [0.1, 0.15) is 65.2 Å². The number of rotatable bonds is 6. The van der Waals surface area contributed by atoms with Crippen molar-refractivity contribution in [2.75, 3.05) is 0 Å². The van der Waals surface area contributed by atoms with Crippen molar-refractivity contribution in [3.8, 4) is 0 Å². The number of hydrogen-bond donors (Lipinski definition) is 0. The van der Waals surface area contributed by atoms with Gasteiger partial charge in [-0.05, 0) is 43.4 Å². The molecule has 2 aliphatic carbocycles. The average Bonchev–Trinajstić information content (AvgIpc) is 2.96. The van der Waals surface area contributed by atoms with E-state index in [4.69, 9.17) is 0 Å². The molecule has 0 aliphatic heterocycles. The Morgan fingerprint density at radius 2 is 1.88 bits per heavy atom. The summed E-state index contributed by atoms with van der Waals surface area (Å²) in [6, 6.07) is 0. The Morgan fingerprint density at radius 1 is 1.12 bits per heavy atom. The summed E-state index contributed by atoms with van der Waals surface area (Å²) in [6.07, 6.45) is 17.9. The monoisotopic (exact) mass is 234 g/mol. The van der Waals surface area contributed by atoms with Gasteiger partial charge in [0, 0.05) is 0 Å². The fourth-order valence-corrected chi connectivity index (χ4v) is 3.04. The molecule has 0 saturated heterocycles. The standard InChI is InChI=1S/C11H18.C6H12/c1-2-3-4-10-7-9-5-6-11(10)8-9;1-3-5-6-4-2/h5-6,9-11H,2-4,7-8H2,1H3;3H,1,4-6H2,2H3. The molecule has 0 heterocycles. The van der Waals surface area contributed by atoms with Gasteiger partial charge in [-0.15, -0.1) is 6.58 Å². The van der Waals surface area contributed by atoms with E-state index in [0.717, 1.165) is 17.8 Å². The van der Waals surface area contributed by atoms with Gasteiger partial charge in [-0.3, -0.25) is 0 Å². The highest BCUT2D eigenvalue weighted by molar-refractivity contribution is 5.09. The van der Waals surface area contributed by atoms with Crippen molar-refractivity contribution >= 4 is 0 Å². The van der Waals surface area contributed by atoms with E-state index < -0.39 is 0 Å². The SMILES string of the molecule is C=CCCCC.CCCCC1CC2C=CC1C2. The van der Waals surface area contributed by atoms with Crippen LogP contribution in [0.3, 0.4) is 0 Å². The Hall–Kier alpha value is -0.520. The molecule has 0 spiro atoms. The van der Waals surface area contributed by atoms with Crippen molar-refractivity contribution in [1.82, 2.24) is 0 Å². The van der Waals surface area contributed by atoms with Gasteiger partial charge < -0.3 is 0 Å². The van der Waals surface area contributed by atoms with Crippen LogP contribution in [0.15, 0.2) is 24.8 Å². The van der Waals surface area contributed by atoms with Crippen LogP contribution >= 0.6 is 0 Å². The summed E-state index contributed by atoms with van der Waals surface area (Å²) in [5, 5.41) is 0. The first-order chi connectivity index (χ1) is 8.31. The number of fused-ring (bicyclic) bond motifs is 2. The second-order valence-electron chi connectivity index (χ2n) is 5.61. The summed E-state index contributed by atoms with van der Waals surface area (Å²) in [5.74, 6) is 3.01. The van der Waals surface area contributed by atoms with Gasteiger partial charge in [0.15, 0.2) is 0 Å². The van der Waals surface area contributed by atoms with E-state index >= 15 is 0 Å². The van der Waals surface area contributed by atoms with Crippen molar-refractivity contribution in [1.29, 1.82) is 0 Å². The molecule has 2 aliphatic rings. The van der Waals surface area contributed by atoms with Crippen LogP contribution in [0, 0.1) is 17.8 Å². The molecule has 98 valence electrons. The van der Waals surface area contributed by atoms with Gasteiger partial charge in [-0.25, -0.2) is 0 Å². The van der Waals surface area contributed by atoms with E-state index in [1.54, 1.807) is 0 Å². The second kappa shape index (κ2) is 8.55. The Morgan fingerprint density at radius 3 is 2.29 bits per heavy atom. The van der Waals surface area contributed by atoms with Crippen molar-refractivity contribution in [3.63, 3.8) is 0 Å².